The van der Waals surface area contributed by atoms with Gasteiger partial charge in [-0.25, -0.2) is 0 Å². The summed E-state index contributed by atoms with van der Waals surface area (Å²) in [5.74, 6) is 0.569. The molecule has 0 bridgehead atoms. The Morgan fingerprint density at radius 3 is 2.48 bits per heavy atom. The van der Waals surface area contributed by atoms with Gasteiger partial charge in [-0.3, -0.25) is 10.1 Å². The average molecular weight is 391 g/mol. The lowest BCUT2D eigenvalue weighted by Gasteiger charge is -2.48. The zero-order valence-corrected chi connectivity index (χ0v) is 17.5. The highest BCUT2D eigenvalue weighted by Gasteiger charge is 2.47. The molecule has 1 aromatic carbocycles. The Kier molecular flexibility index (Phi) is 5.35. The molecule has 4 rings (SSSR count). The third kappa shape index (κ3) is 3.38. The van der Waals surface area contributed by atoms with Crippen molar-refractivity contribution in [1.82, 2.24) is 10.3 Å². The fourth-order valence-corrected chi connectivity index (χ4v) is 5.14. The van der Waals surface area contributed by atoms with Gasteiger partial charge in [0.25, 0.3) is 0 Å². The van der Waals surface area contributed by atoms with Gasteiger partial charge in [0, 0.05) is 23.0 Å². The number of hydrogen-bond donors (Lipinski definition) is 2. The Labute approximate surface area is 167 Å². The zero-order valence-electron chi connectivity index (χ0n) is 16.7. The lowest BCUT2D eigenvalue weighted by molar-refractivity contribution is -0.144. The summed E-state index contributed by atoms with van der Waals surface area (Å²) < 4.78 is 5.09. The maximum Gasteiger partial charge on any atom is 0.323 e. The van der Waals surface area contributed by atoms with Crippen molar-refractivity contribution in [2.24, 2.45) is 11.3 Å². The molecule has 1 aliphatic carbocycles. The number of nitrogens with one attached hydrogen (secondary N) is 2. The van der Waals surface area contributed by atoms with Crippen molar-refractivity contribution in [2.45, 2.75) is 64.5 Å². The van der Waals surface area contributed by atoms with Crippen LogP contribution < -0.4 is 5.32 Å². The molecule has 0 amide bonds. The number of ether oxygens (including phenoxy) is 1. The van der Waals surface area contributed by atoms with E-state index in [0.717, 1.165) is 18.8 Å². The molecule has 27 heavy (non-hydrogen) atoms. The highest BCUT2D eigenvalue weighted by Crippen LogP contribution is 2.48. The zero-order chi connectivity index (χ0) is 18.5. The van der Waals surface area contributed by atoms with E-state index >= 15 is 0 Å². The number of carbonyl (C=O) groups excluding carboxylic acids is 1. The van der Waals surface area contributed by atoms with Gasteiger partial charge in [0.05, 0.1) is 12.6 Å². The van der Waals surface area contributed by atoms with E-state index in [0.29, 0.717) is 11.8 Å². The molecule has 4 nitrogen and oxygen atoms in total. The van der Waals surface area contributed by atoms with E-state index in [1.54, 1.807) is 0 Å². The van der Waals surface area contributed by atoms with Crippen molar-refractivity contribution >= 4 is 29.3 Å². The fraction of sp³-hybridized carbons (Fsp3) is 0.591. The number of aromatic nitrogens is 1. The molecular formula is C22H31ClN2O2. The number of benzene rings is 1. The number of esters is 1. The average Bonchev–Trinajstić information content (AvgIpc) is 3.00. The number of hydrogen-bond acceptors (Lipinski definition) is 3. The molecule has 2 aliphatic rings. The lowest BCUT2D eigenvalue weighted by Crippen LogP contribution is -2.57. The number of rotatable bonds is 1. The van der Waals surface area contributed by atoms with E-state index in [1.165, 1.54) is 42.1 Å². The third-order valence-corrected chi connectivity index (χ3v) is 6.70. The van der Waals surface area contributed by atoms with Gasteiger partial charge in [-0.2, -0.15) is 0 Å². The summed E-state index contributed by atoms with van der Waals surface area (Å²) in [5, 5.41) is 4.95. The van der Waals surface area contributed by atoms with Crippen LogP contribution in [0, 0.1) is 11.3 Å². The molecule has 2 heterocycles. The second-order valence-corrected chi connectivity index (χ2v) is 9.17. The van der Waals surface area contributed by atoms with Crippen molar-refractivity contribution in [3.63, 3.8) is 0 Å². The highest BCUT2D eigenvalue weighted by molar-refractivity contribution is 5.87. The van der Waals surface area contributed by atoms with E-state index in [4.69, 9.17) is 4.74 Å². The Hall–Kier alpha value is -1.52. The van der Waals surface area contributed by atoms with Gasteiger partial charge < -0.3 is 9.72 Å². The van der Waals surface area contributed by atoms with Gasteiger partial charge in [0.2, 0.25) is 0 Å². The first-order valence-corrected chi connectivity index (χ1v) is 9.80. The molecule has 1 aromatic heterocycles. The molecule has 0 saturated heterocycles. The van der Waals surface area contributed by atoms with Crippen LogP contribution in [0.5, 0.6) is 0 Å². The van der Waals surface area contributed by atoms with Crippen molar-refractivity contribution < 1.29 is 9.53 Å². The summed E-state index contributed by atoms with van der Waals surface area (Å²) in [4.78, 5) is 16.1. The molecule has 1 aliphatic heterocycles. The Bertz CT molecular complexity index is 828. The number of carbonyl (C=O) groups is 1. The molecule has 148 valence electrons. The molecule has 1 fully saturated rings. The van der Waals surface area contributed by atoms with Crippen LogP contribution in [0.2, 0.25) is 0 Å². The molecule has 1 unspecified atom stereocenters. The SMILES string of the molecule is COC(=O)C1Cc2c([nH]c3ccccc23)C2(CCC(C(C)(C)C)CC2)N1.Cl. The van der Waals surface area contributed by atoms with Crippen LogP contribution in [0.3, 0.4) is 0 Å². The van der Waals surface area contributed by atoms with Crippen LogP contribution in [0.4, 0.5) is 0 Å². The van der Waals surface area contributed by atoms with Crippen LogP contribution in [-0.4, -0.2) is 24.1 Å². The minimum Gasteiger partial charge on any atom is -0.468 e. The molecular weight excluding hydrogens is 360 g/mol. The third-order valence-electron chi connectivity index (χ3n) is 6.70. The smallest absolute Gasteiger partial charge is 0.323 e. The van der Waals surface area contributed by atoms with Crippen molar-refractivity contribution in [3.8, 4) is 0 Å². The largest absolute Gasteiger partial charge is 0.468 e. The molecule has 2 aromatic rings. The molecule has 1 saturated carbocycles. The second-order valence-electron chi connectivity index (χ2n) is 9.17. The first-order chi connectivity index (χ1) is 12.3. The predicted molar refractivity (Wildman–Crippen MR) is 111 cm³/mol. The predicted octanol–water partition coefficient (Wildman–Crippen LogP) is 4.71. The quantitative estimate of drug-likeness (QED) is 0.693. The fourth-order valence-electron chi connectivity index (χ4n) is 5.14. The molecule has 0 radical (unpaired) electrons. The number of methoxy groups -OCH3 is 1. The number of para-hydroxylation sites is 1. The molecule has 1 spiro atoms. The van der Waals surface area contributed by atoms with Crippen LogP contribution in [0.1, 0.15) is 57.7 Å². The topological polar surface area (TPSA) is 54.1 Å². The Morgan fingerprint density at radius 1 is 1.19 bits per heavy atom. The van der Waals surface area contributed by atoms with Crippen LogP contribution in [-0.2, 0) is 21.5 Å². The van der Waals surface area contributed by atoms with E-state index in [2.05, 4.69) is 55.3 Å². The van der Waals surface area contributed by atoms with Gasteiger partial charge in [0.15, 0.2) is 0 Å². The maximum absolute atomic E-state index is 12.4. The second kappa shape index (κ2) is 7.14. The van der Waals surface area contributed by atoms with Crippen LogP contribution in [0.25, 0.3) is 10.9 Å². The highest BCUT2D eigenvalue weighted by atomic mass is 35.5. The number of halogens is 1. The summed E-state index contributed by atoms with van der Waals surface area (Å²) in [6.07, 6.45) is 5.17. The summed E-state index contributed by atoms with van der Waals surface area (Å²) >= 11 is 0. The van der Waals surface area contributed by atoms with Crippen molar-refractivity contribution in [2.75, 3.05) is 7.11 Å². The standard InChI is InChI=1S/C22H30N2O2.ClH/c1-21(2,3)14-9-11-22(12-10-14)19-16(13-18(24-22)20(25)26-4)15-7-5-6-8-17(15)23-19;/h5-8,14,18,23-24H,9-13H2,1-4H3;1H. The minimum absolute atomic E-state index is 0. The van der Waals surface area contributed by atoms with Gasteiger partial charge in [0.1, 0.15) is 6.04 Å². The van der Waals surface area contributed by atoms with Crippen LogP contribution in [0.15, 0.2) is 24.3 Å². The van der Waals surface area contributed by atoms with E-state index < -0.39 is 0 Å². The van der Waals surface area contributed by atoms with Gasteiger partial charge >= 0.3 is 5.97 Å². The summed E-state index contributed by atoms with van der Waals surface area (Å²) in [6.45, 7) is 7.03. The van der Waals surface area contributed by atoms with Crippen LogP contribution >= 0.6 is 12.4 Å². The maximum atomic E-state index is 12.4. The first kappa shape index (κ1) is 20.2. The first-order valence-electron chi connectivity index (χ1n) is 9.80. The number of fused-ring (bicyclic) bond motifs is 4. The molecule has 2 N–H and O–H groups in total. The number of aromatic amines is 1. The van der Waals surface area contributed by atoms with Crippen molar-refractivity contribution in [3.05, 3.63) is 35.5 Å². The van der Waals surface area contributed by atoms with Gasteiger partial charge in [-0.1, -0.05) is 39.0 Å². The van der Waals surface area contributed by atoms with E-state index in [-0.39, 0.29) is 30.0 Å². The van der Waals surface area contributed by atoms with Gasteiger partial charge in [-0.05, 0) is 48.6 Å². The summed E-state index contributed by atoms with van der Waals surface area (Å²) in [5.41, 5.74) is 3.95. The van der Waals surface area contributed by atoms with E-state index in [1.807, 2.05) is 0 Å². The Balaban J connectivity index is 0.00000210. The van der Waals surface area contributed by atoms with E-state index in [9.17, 15) is 4.79 Å². The van der Waals surface area contributed by atoms with Crippen molar-refractivity contribution in [1.29, 1.82) is 0 Å². The molecule has 5 heteroatoms. The van der Waals surface area contributed by atoms with Gasteiger partial charge in [-0.15, -0.1) is 12.4 Å². The summed E-state index contributed by atoms with van der Waals surface area (Å²) in [7, 11) is 1.48. The normalized spacial score (nSPS) is 27.9. The minimum atomic E-state index is -0.266. The lowest BCUT2D eigenvalue weighted by atomic mass is 9.65. The molecule has 1 atom stereocenters. The monoisotopic (exact) mass is 390 g/mol. The Morgan fingerprint density at radius 2 is 1.85 bits per heavy atom. The summed E-state index contributed by atoms with van der Waals surface area (Å²) in [6, 6.07) is 8.18. The number of H-pyrrole nitrogens is 1.